The molecule has 8 nitrogen and oxygen atoms in total. The molecule has 0 aliphatic rings. The molecule has 0 saturated carbocycles. The lowest BCUT2D eigenvalue weighted by molar-refractivity contribution is 0.288. The smallest absolute Gasteiger partial charge is 0.213 e. The van der Waals surface area contributed by atoms with Gasteiger partial charge in [-0.25, -0.2) is 15.0 Å². The number of nitrogens with zero attached hydrogens (tertiary/aromatic N) is 6. The van der Waals surface area contributed by atoms with Gasteiger partial charge >= 0.3 is 0 Å². The fourth-order valence-electron chi connectivity index (χ4n) is 3.57. The Balaban J connectivity index is 1.51. The quantitative estimate of drug-likeness (QED) is 0.372. The number of rotatable bonds is 7. The zero-order valence-corrected chi connectivity index (χ0v) is 18.8. The fraction of sp³-hybridized carbons (Fsp3) is 0.217. The third-order valence-electron chi connectivity index (χ3n) is 5.14. The van der Waals surface area contributed by atoms with Gasteiger partial charge in [0.2, 0.25) is 5.88 Å². The molecule has 32 heavy (non-hydrogen) atoms. The highest BCUT2D eigenvalue weighted by atomic mass is 32.1. The first-order valence-corrected chi connectivity index (χ1v) is 11.0. The van der Waals surface area contributed by atoms with Crippen molar-refractivity contribution in [2.75, 3.05) is 7.11 Å². The van der Waals surface area contributed by atoms with Crippen molar-refractivity contribution in [3.05, 3.63) is 70.8 Å². The lowest BCUT2D eigenvalue weighted by atomic mass is 10.1. The van der Waals surface area contributed by atoms with Crippen LogP contribution in [-0.4, -0.2) is 36.4 Å². The number of hydrogen-bond donors (Lipinski definition) is 0. The van der Waals surface area contributed by atoms with Crippen LogP contribution in [0, 0.1) is 6.92 Å². The van der Waals surface area contributed by atoms with Crippen LogP contribution < -0.4 is 9.47 Å². The van der Waals surface area contributed by atoms with E-state index in [1.807, 2.05) is 38.5 Å². The molecule has 0 saturated heterocycles. The predicted molar refractivity (Wildman–Crippen MR) is 123 cm³/mol. The summed E-state index contributed by atoms with van der Waals surface area (Å²) in [6, 6.07) is 9.87. The van der Waals surface area contributed by atoms with Crippen molar-refractivity contribution >= 4 is 22.4 Å². The van der Waals surface area contributed by atoms with Crippen LogP contribution in [0.25, 0.3) is 22.2 Å². The van der Waals surface area contributed by atoms with Gasteiger partial charge in [-0.3, -0.25) is 4.68 Å². The zero-order chi connectivity index (χ0) is 22.1. The normalized spacial score (nSPS) is 11.2. The maximum absolute atomic E-state index is 5.99. The minimum absolute atomic E-state index is 0.314. The zero-order valence-electron chi connectivity index (χ0n) is 18.0. The average molecular weight is 447 g/mol. The van der Waals surface area contributed by atoms with Crippen LogP contribution >= 0.6 is 11.3 Å². The van der Waals surface area contributed by atoms with Crippen molar-refractivity contribution in [1.29, 1.82) is 0 Å². The third-order valence-corrected chi connectivity index (χ3v) is 5.96. The summed E-state index contributed by atoms with van der Waals surface area (Å²) in [5.74, 6) is 2.03. The number of aryl methyl sites for hydroxylation is 2. The predicted octanol–water partition coefficient (Wildman–Crippen LogP) is 4.23. The van der Waals surface area contributed by atoms with Crippen LogP contribution in [-0.2, 0) is 20.2 Å². The average Bonchev–Trinajstić information content (AvgIpc) is 3.51. The molecular formula is C23H22N6O2S. The molecule has 0 aliphatic heterocycles. The first kappa shape index (κ1) is 20.2. The third kappa shape index (κ3) is 4.06. The monoisotopic (exact) mass is 446 g/mol. The molecule has 9 heteroatoms. The molecule has 0 N–H and O–H groups in total. The number of imidazole rings is 1. The van der Waals surface area contributed by atoms with Gasteiger partial charge in [0, 0.05) is 30.3 Å². The summed E-state index contributed by atoms with van der Waals surface area (Å²) in [5, 5.41) is 7.43. The van der Waals surface area contributed by atoms with Crippen LogP contribution in [0.5, 0.6) is 11.6 Å². The first-order chi connectivity index (χ1) is 15.6. The van der Waals surface area contributed by atoms with Crippen LogP contribution in [0.1, 0.15) is 16.5 Å². The number of benzene rings is 1. The molecule has 0 fully saturated rings. The minimum atomic E-state index is 0.314. The van der Waals surface area contributed by atoms with E-state index in [1.165, 1.54) is 0 Å². The van der Waals surface area contributed by atoms with E-state index in [-0.39, 0.29) is 0 Å². The number of hydrogen-bond acceptors (Lipinski definition) is 7. The highest BCUT2D eigenvalue weighted by Gasteiger charge is 2.15. The molecule has 0 bridgehead atoms. The number of fused-ring (bicyclic) bond motifs is 1. The standard InChI is InChI=1S/C23H22N6O2S/c1-15-26-18(14-32-15)12-29-21-8-16(17-9-25-28(2)11-17)4-6-20(21)27-22(29)13-31-19-5-7-23(30-3)24-10-19/h4-11,14H,12-13H2,1-3H3. The van der Waals surface area contributed by atoms with Gasteiger partial charge in [-0.2, -0.15) is 5.10 Å². The molecule has 0 spiro atoms. The van der Waals surface area contributed by atoms with Gasteiger partial charge in [0.1, 0.15) is 18.2 Å². The van der Waals surface area contributed by atoms with Gasteiger partial charge in [0.15, 0.2) is 0 Å². The summed E-state index contributed by atoms with van der Waals surface area (Å²) in [6.45, 7) is 2.95. The maximum atomic E-state index is 5.99. The number of pyridine rings is 1. The molecule has 0 radical (unpaired) electrons. The largest absolute Gasteiger partial charge is 0.484 e. The second kappa shape index (κ2) is 8.43. The number of methoxy groups -OCH3 is 1. The molecule has 0 atom stereocenters. The lowest BCUT2D eigenvalue weighted by Gasteiger charge is -2.10. The van der Waals surface area contributed by atoms with Crippen molar-refractivity contribution in [2.45, 2.75) is 20.1 Å². The fourth-order valence-corrected chi connectivity index (χ4v) is 4.18. The Bertz CT molecular complexity index is 1370. The van der Waals surface area contributed by atoms with Crippen molar-refractivity contribution in [2.24, 2.45) is 7.05 Å². The van der Waals surface area contributed by atoms with Gasteiger partial charge in [0.25, 0.3) is 0 Å². The SMILES string of the molecule is COc1ccc(OCc2nc3ccc(-c4cnn(C)c4)cc3n2Cc2csc(C)n2)cn1. The highest BCUT2D eigenvalue weighted by Crippen LogP contribution is 2.26. The molecule has 162 valence electrons. The highest BCUT2D eigenvalue weighted by molar-refractivity contribution is 7.09. The first-order valence-electron chi connectivity index (χ1n) is 10.1. The Labute approximate surface area is 189 Å². The Morgan fingerprint density at radius 3 is 2.66 bits per heavy atom. The van der Waals surface area contributed by atoms with Crippen LogP contribution in [0.4, 0.5) is 0 Å². The Hall–Kier alpha value is -3.72. The van der Waals surface area contributed by atoms with Gasteiger partial charge in [0.05, 0.1) is 47.8 Å². The van der Waals surface area contributed by atoms with Crippen molar-refractivity contribution < 1.29 is 9.47 Å². The number of thiazole rings is 1. The number of aromatic nitrogens is 6. The molecule has 5 aromatic rings. The second-order valence-electron chi connectivity index (χ2n) is 7.40. The molecule has 4 heterocycles. The molecule has 0 aliphatic carbocycles. The van der Waals surface area contributed by atoms with Crippen molar-refractivity contribution in [3.8, 4) is 22.8 Å². The summed E-state index contributed by atoms with van der Waals surface area (Å²) in [6.07, 6.45) is 5.52. The van der Waals surface area contributed by atoms with Crippen LogP contribution in [0.3, 0.4) is 0 Å². The summed E-state index contributed by atoms with van der Waals surface area (Å²) in [5.41, 5.74) is 5.10. The molecule has 1 aromatic carbocycles. The lowest BCUT2D eigenvalue weighted by Crippen LogP contribution is -2.09. The van der Waals surface area contributed by atoms with E-state index in [2.05, 4.69) is 37.1 Å². The van der Waals surface area contributed by atoms with Crippen LogP contribution in [0.2, 0.25) is 0 Å². The summed E-state index contributed by atoms with van der Waals surface area (Å²) in [7, 11) is 3.51. The van der Waals surface area contributed by atoms with Gasteiger partial charge in [-0.15, -0.1) is 11.3 Å². The van der Waals surface area contributed by atoms with Crippen molar-refractivity contribution in [3.63, 3.8) is 0 Å². The van der Waals surface area contributed by atoms with E-state index in [9.17, 15) is 0 Å². The Kier molecular flexibility index (Phi) is 5.32. The van der Waals surface area contributed by atoms with E-state index < -0.39 is 0 Å². The molecule has 4 aromatic heterocycles. The van der Waals surface area contributed by atoms with E-state index in [0.29, 0.717) is 24.8 Å². The van der Waals surface area contributed by atoms with E-state index in [1.54, 1.807) is 35.4 Å². The van der Waals surface area contributed by atoms with E-state index in [0.717, 1.165) is 38.7 Å². The van der Waals surface area contributed by atoms with Crippen molar-refractivity contribution in [1.82, 2.24) is 29.3 Å². The van der Waals surface area contributed by atoms with Crippen LogP contribution in [0.15, 0.2) is 54.3 Å². The second-order valence-corrected chi connectivity index (χ2v) is 8.47. The molecule has 0 amide bonds. The topological polar surface area (TPSA) is 79.9 Å². The summed E-state index contributed by atoms with van der Waals surface area (Å²) in [4.78, 5) is 13.7. The molecule has 0 unspecified atom stereocenters. The Morgan fingerprint density at radius 2 is 1.97 bits per heavy atom. The number of ether oxygens (including phenoxy) is 2. The van der Waals surface area contributed by atoms with E-state index in [4.69, 9.17) is 14.5 Å². The summed E-state index contributed by atoms with van der Waals surface area (Å²) >= 11 is 1.65. The van der Waals surface area contributed by atoms with E-state index >= 15 is 0 Å². The summed E-state index contributed by atoms with van der Waals surface area (Å²) < 4.78 is 15.1. The molecular weight excluding hydrogens is 424 g/mol. The Morgan fingerprint density at radius 1 is 1.06 bits per heavy atom. The maximum Gasteiger partial charge on any atom is 0.213 e. The minimum Gasteiger partial charge on any atom is -0.484 e. The molecule has 5 rings (SSSR count). The van der Waals surface area contributed by atoms with Gasteiger partial charge in [-0.1, -0.05) is 6.07 Å². The van der Waals surface area contributed by atoms with Gasteiger partial charge < -0.3 is 14.0 Å². The van der Waals surface area contributed by atoms with Gasteiger partial charge in [-0.05, 0) is 30.7 Å².